The van der Waals surface area contributed by atoms with Gasteiger partial charge in [0.05, 0.1) is 11.7 Å². The van der Waals surface area contributed by atoms with Gasteiger partial charge in [-0.25, -0.2) is 8.78 Å². The van der Waals surface area contributed by atoms with Crippen LogP contribution >= 0.6 is 15.9 Å². The molecule has 2 aromatic carbocycles. The smallest absolute Gasteiger partial charge is 0.149 e. The quantitative estimate of drug-likeness (QED) is 0.656. The first-order valence-corrected chi connectivity index (χ1v) is 8.10. The number of benzene rings is 2. The van der Waals surface area contributed by atoms with Crippen molar-refractivity contribution in [3.8, 4) is 0 Å². The number of allylic oxidation sites excluding steroid dienone is 2. The van der Waals surface area contributed by atoms with Gasteiger partial charge in [-0.1, -0.05) is 40.2 Å². The largest absolute Gasteiger partial charge is 0.375 e. The summed E-state index contributed by atoms with van der Waals surface area (Å²) in [6.45, 7) is 0. The second kappa shape index (κ2) is 5.20. The van der Waals surface area contributed by atoms with Crippen LogP contribution in [0.25, 0.3) is 0 Å². The number of hydrogen-bond donors (Lipinski definition) is 1. The topological polar surface area (TPSA) is 12.0 Å². The Morgan fingerprint density at radius 2 is 1.86 bits per heavy atom. The predicted octanol–water partition coefficient (Wildman–Crippen LogP) is 5.55. The second-order valence-corrected chi connectivity index (χ2v) is 6.79. The van der Waals surface area contributed by atoms with E-state index in [1.807, 2.05) is 24.3 Å². The summed E-state index contributed by atoms with van der Waals surface area (Å²) in [5, 5.41) is 3.30. The fourth-order valence-electron chi connectivity index (χ4n) is 3.62. The highest BCUT2D eigenvalue weighted by molar-refractivity contribution is 9.10. The van der Waals surface area contributed by atoms with Crippen LogP contribution in [0.2, 0.25) is 0 Å². The molecule has 2 aliphatic rings. The molecule has 4 heteroatoms. The summed E-state index contributed by atoms with van der Waals surface area (Å²) in [7, 11) is 0. The van der Waals surface area contributed by atoms with E-state index >= 15 is 0 Å². The summed E-state index contributed by atoms with van der Waals surface area (Å²) < 4.78 is 28.8. The maximum Gasteiger partial charge on any atom is 0.149 e. The lowest BCUT2D eigenvalue weighted by atomic mass is 9.77. The van der Waals surface area contributed by atoms with E-state index in [1.54, 1.807) is 0 Å². The van der Waals surface area contributed by atoms with Gasteiger partial charge in [0, 0.05) is 16.5 Å². The zero-order valence-electron chi connectivity index (χ0n) is 11.7. The third-order valence-electron chi connectivity index (χ3n) is 4.61. The van der Waals surface area contributed by atoms with E-state index in [4.69, 9.17) is 0 Å². The Morgan fingerprint density at radius 3 is 2.64 bits per heavy atom. The maximum atomic E-state index is 14.2. The van der Waals surface area contributed by atoms with Crippen LogP contribution in [0.3, 0.4) is 0 Å². The molecule has 2 aromatic rings. The van der Waals surface area contributed by atoms with Crippen LogP contribution < -0.4 is 5.32 Å². The van der Waals surface area contributed by atoms with Crippen molar-refractivity contribution in [3.63, 3.8) is 0 Å². The van der Waals surface area contributed by atoms with Crippen molar-refractivity contribution in [2.45, 2.75) is 18.4 Å². The van der Waals surface area contributed by atoms with Crippen LogP contribution in [0.5, 0.6) is 0 Å². The molecule has 22 heavy (non-hydrogen) atoms. The fourth-order valence-corrected chi connectivity index (χ4v) is 3.89. The van der Waals surface area contributed by atoms with Gasteiger partial charge in [-0.3, -0.25) is 0 Å². The van der Waals surface area contributed by atoms with E-state index in [-0.39, 0.29) is 17.9 Å². The first kappa shape index (κ1) is 13.9. The molecule has 0 saturated heterocycles. The Balaban J connectivity index is 1.82. The molecule has 3 atom stereocenters. The Kier molecular flexibility index (Phi) is 3.30. The summed E-state index contributed by atoms with van der Waals surface area (Å²) in [5.74, 6) is -0.681. The zero-order chi connectivity index (χ0) is 15.3. The lowest BCUT2D eigenvalue weighted by molar-refractivity contribution is 0.418. The standard InChI is InChI=1S/C18H14BrF2N/c19-11-6-4-10(5-7-11)17-14-3-1-2-13(14)15-8-12(20)9-16(21)18(15)22-17/h1-2,4-9,13-14,17,22H,3H2/t13-,14-,17-/m1/s1. The van der Waals surface area contributed by atoms with E-state index in [0.29, 0.717) is 5.69 Å². The molecular formula is C18H14BrF2N. The van der Waals surface area contributed by atoms with Crippen molar-refractivity contribution in [1.29, 1.82) is 0 Å². The van der Waals surface area contributed by atoms with Gasteiger partial charge in [0.2, 0.25) is 0 Å². The molecule has 0 saturated carbocycles. The number of fused-ring (bicyclic) bond motifs is 3. The molecule has 0 bridgehead atoms. The van der Waals surface area contributed by atoms with Crippen molar-refractivity contribution in [2.75, 3.05) is 5.32 Å². The minimum Gasteiger partial charge on any atom is -0.375 e. The number of halogens is 3. The first-order chi connectivity index (χ1) is 10.6. The molecule has 0 aromatic heterocycles. The number of nitrogens with one attached hydrogen (secondary N) is 1. The lowest BCUT2D eigenvalue weighted by Crippen LogP contribution is -2.29. The summed E-state index contributed by atoms with van der Waals surface area (Å²) >= 11 is 3.44. The van der Waals surface area contributed by atoms with Crippen molar-refractivity contribution in [3.05, 3.63) is 75.8 Å². The third-order valence-corrected chi connectivity index (χ3v) is 5.14. The average molecular weight is 362 g/mol. The van der Waals surface area contributed by atoms with Crippen molar-refractivity contribution < 1.29 is 8.78 Å². The SMILES string of the molecule is Fc1cc(F)c2c(c1)[C@@H]1C=CC[C@H]1[C@@H](c1ccc(Br)cc1)N2. The molecule has 0 radical (unpaired) electrons. The Bertz CT molecular complexity index is 754. The molecule has 4 rings (SSSR count). The number of hydrogen-bond acceptors (Lipinski definition) is 1. The molecule has 0 spiro atoms. The van der Waals surface area contributed by atoms with E-state index in [1.165, 1.54) is 6.07 Å². The summed E-state index contributed by atoms with van der Waals surface area (Å²) in [4.78, 5) is 0. The fraction of sp³-hybridized carbons (Fsp3) is 0.222. The summed E-state index contributed by atoms with van der Waals surface area (Å²) in [5.41, 5.74) is 2.28. The van der Waals surface area contributed by atoms with Gasteiger partial charge in [0.15, 0.2) is 0 Å². The van der Waals surface area contributed by atoms with E-state index in [9.17, 15) is 8.78 Å². The van der Waals surface area contributed by atoms with Crippen LogP contribution in [-0.4, -0.2) is 0 Å². The van der Waals surface area contributed by atoms with Gasteiger partial charge < -0.3 is 5.32 Å². The van der Waals surface area contributed by atoms with Gasteiger partial charge in [-0.15, -0.1) is 0 Å². The molecule has 1 N–H and O–H groups in total. The Hall–Kier alpha value is -1.68. The summed E-state index contributed by atoms with van der Waals surface area (Å²) in [6.07, 6.45) is 5.10. The van der Waals surface area contributed by atoms with Crippen molar-refractivity contribution in [2.24, 2.45) is 5.92 Å². The van der Waals surface area contributed by atoms with Gasteiger partial charge in [0.1, 0.15) is 11.6 Å². The Labute approximate surface area is 136 Å². The highest BCUT2D eigenvalue weighted by atomic mass is 79.9. The average Bonchev–Trinajstić information content (AvgIpc) is 2.97. The molecule has 1 aliphatic heterocycles. The normalized spacial score (nSPS) is 25.5. The van der Waals surface area contributed by atoms with Crippen LogP contribution in [-0.2, 0) is 0 Å². The molecule has 112 valence electrons. The molecular weight excluding hydrogens is 348 g/mol. The molecule has 1 heterocycles. The first-order valence-electron chi connectivity index (χ1n) is 7.31. The van der Waals surface area contributed by atoms with Crippen LogP contribution in [0.15, 0.2) is 53.0 Å². The highest BCUT2D eigenvalue weighted by Gasteiger charge is 2.39. The molecule has 0 unspecified atom stereocenters. The number of anilines is 1. The molecule has 0 amide bonds. The highest BCUT2D eigenvalue weighted by Crippen LogP contribution is 2.50. The van der Waals surface area contributed by atoms with Crippen LogP contribution in [0, 0.1) is 17.6 Å². The minimum atomic E-state index is -0.518. The van der Waals surface area contributed by atoms with Crippen molar-refractivity contribution >= 4 is 21.6 Å². The molecule has 0 fully saturated rings. The van der Waals surface area contributed by atoms with Crippen LogP contribution in [0.4, 0.5) is 14.5 Å². The van der Waals surface area contributed by atoms with E-state index in [2.05, 4.69) is 33.4 Å². The third kappa shape index (κ3) is 2.17. The predicted molar refractivity (Wildman–Crippen MR) is 86.9 cm³/mol. The van der Waals surface area contributed by atoms with Gasteiger partial charge in [-0.05, 0) is 41.7 Å². The molecule has 1 aliphatic carbocycles. The summed E-state index contributed by atoms with van der Waals surface area (Å²) in [6, 6.07) is 10.5. The lowest BCUT2D eigenvalue weighted by Gasteiger charge is -2.37. The molecule has 1 nitrogen and oxygen atoms in total. The van der Waals surface area contributed by atoms with E-state index < -0.39 is 11.6 Å². The van der Waals surface area contributed by atoms with Gasteiger partial charge in [0.25, 0.3) is 0 Å². The minimum absolute atomic E-state index is 0.0283. The Morgan fingerprint density at radius 1 is 1.09 bits per heavy atom. The number of rotatable bonds is 1. The van der Waals surface area contributed by atoms with Crippen molar-refractivity contribution in [1.82, 2.24) is 0 Å². The maximum absolute atomic E-state index is 14.2. The van der Waals surface area contributed by atoms with Crippen LogP contribution in [0.1, 0.15) is 29.5 Å². The van der Waals surface area contributed by atoms with Gasteiger partial charge >= 0.3 is 0 Å². The second-order valence-electron chi connectivity index (χ2n) is 5.88. The monoisotopic (exact) mass is 361 g/mol. The van der Waals surface area contributed by atoms with Gasteiger partial charge in [-0.2, -0.15) is 0 Å². The zero-order valence-corrected chi connectivity index (χ0v) is 13.3. The van der Waals surface area contributed by atoms with E-state index in [0.717, 1.165) is 28.1 Å².